The third-order valence-electron chi connectivity index (χ3n) is 5.50. The van der Waals surface area contributed by atoms with Gasteiger partial charge in [-0.2, -0.15) is 0 Å². The van der Waals surface area contributed by atoms with Crippen molar-refractivity contribution in [3.05, 3.63) is 56.7 Å². The summed E-state index contributed by atoms with van der Waals surface area (Å²) in [7, 11) is 0. The average molecular weight is 438 g/mol. The Labute approximate surface area is 174 Å². The minimum absolute atomic E-state index is 0.0532. The van der Waals surface area contributed by atoms with E-state index < -0.39 is 0 Å². The molecule has 0 N–H and O–H groups in total. The highest BCUT2D eigenvalue weighted by atomic mass is 79.9. The minimum atomic E-state index is 0.0532. The summed E-state index contributed by atoms with van der Waals surface area (Å²) in [4.78, 5) is 15.7. The van der Waals surface area contributed by atoms with Crippen LogP contribution in [0.15, 0.2) is 22.8 Å². The second-order valence-corrected chi connectivity index (χ2v) is 8.65. The number of aromatic nitrogens is 3. The highest BCUT2D eigenvalue weighted by Crippen LogP contribution is 2.34. The predicted molar refractivity (Wildman–Crippen MR) is 117 cm³/mol. The van der Waals surface area contributed by atoms with Crippen LogP contribution in [0.2, 0.25) is 0 Å². The van der Waals surface area contributed by atoms with Crippen LogP contribution in [0.5, 0.6) is 0 Å². The van der Waals surface area contributed by atoms with E-state index in [9.17, 15) is 0 Å². The van der Waals surface area contributed by atoms with E-state index in [0.717, 1.165) is 58.6 Å². The monoisotopic (exact) mass is 437 g/mol. The molecule has 1 aliphatic rings. The molecule has 1 fully saturated rings. The standard InChI is InChI=1S/C22H24BrN5/c1-13-9-17(23)10-14(2)20(13)28-11-15(3)19-21(25-16(4)26-22(19)28)27-8-6-7-18(12-27)24-5/h9-11,18H,6-8,12H2,1-4H3. The van der Waals surface area contributed by atoms with Crippen molar-refractivity contribution in [1.29, 1.82) is 0 Å². The summed E-state index contributed by atoms with van der Waals surface area (Å²) in [5, 5.41) is 1.10. The van der Waals surface area contributed by atoms with Gasteiger partial charge in [-0.05, 0) is 62.9 Å². The van der Waals surface area contributed by atoms with Gasteiger partial charge in [-0.25, -0.2) is 16.5 Å². The smallest absolute Gasteiger partial charge is 0.241 e. The largest absolute Gasteiger partial charge is 0.348 e. The molecule has 2 aromatic heterocycles. The van der Waals surface area contributed by atoms with E-state index in [-0.39, 0.29) is 6.04 Å². The lowest BCUT2D eigenvalue weighted by molar-refractivity contribution is 0.547. The van der Waals surface area contributed by atoms with E-state index in [1.807, 2.05) is 6.92 Å². The van der Waals surface area contributed by atoms with Crippen LogP contribution < -0.4 is 4.90 Å². The van der Waals surface area contributed by atoms with Gasteiger partial charge in [-0.1, -0.05) is 15.9 Å². The Kier molecular flexibility index (Phi) is 4.88. The third-order valence-corrected chi connectivity index (χ3v) is 5.96. The maximum atomic E-state index is 7.44. The molecule has 28 heavy (non-hydrogen) atoms. The van der Waals surface area contributed by atoms with Crippen molar-refractivity contribution in [1.82, 2.24) is 14.5 Å². The number of rotatable bonds is 2. The van der Waals surface area contributed by atoms with E-state index in [4.69, 9.17) is 16.5 Å². The first-order valence-corrected chi connectivity index (χ1v) is 10.4. The zero-order chi connectivity index (χ0) is 20.0. The predicted octanol–water partition coefficient (Wildman–Crippen LogP) is 5.30. The number of hydrogen-bond acceptors (Lipinski definition) is 3. The lowest BCUT2D eigenvalue weighted by atomic mass is 10.1. The second kappa shape index (κ2) is 7.21. The van der Waals surface area contributed by atoms with Gasteiger partial charge in [0.2, 0.25) is 6.04 Å². The number of piperidine rings is 1. The molecule has 1 aliphatic heterocycles. The molecule has 0 bridgehead atoms. The molecule has 3 heterocycles. The van der Waals surface area contributed by atoms with Crippen molar-refractivity contribution in [2.75, 3.05) is 18.0 Å². The quantitative estimate of drug-likeness (QED) is 0.510. The molecular weight excluding hydrogens is 414 g/mol. The topological polar surface area (TPSA) is 38.3 Å². The van der Waals surface area contributed by atoms with Crippen molar-refractivity contribution in [2.24, 2.45) is 0 Å². The van der Waals surface area contributed by atoms with Gasteiger partial charge in [0.25, 0.3) is 0 Å². The van der Waals surface area contributed by atoms with Crippen molar-refractivity contribution < 1.29 is 0 Å². The summed E-state index contributed by atoms with van der Waals surface area (Å²) in [5.74, 6) is 1.73. The van der Waals surface area contributed by atoms with Gasteiger partial charge in [-0.3, -0.25) is 0 Å². The Morgan fingerprint density at radius 3 is 2.50 bits per heavy atom. The average Bonchev–Trinajstić information content (AvgIpc) is 2.96. The van der Waals surface area contributed by atoms with Gasteiger partial charge in [0.15, 0.2) is 5.65 Å². The molecule has 5 nitrogen and oxygen atoms in total. The molecule has 3 aromatic rings. The molecule has 0 spiro atoms. The van der Waals surface area contributed by atoms with Gasteiger partial charge in [0, 0.05) is 23.6 Å². The number of halogens is 1. The molecule has 0 amide bonds. The van der Waals surface area contributed by atoms with E-state index >= 15 is 0 Å². The maximum Gasteiger partial charge on any atom is 0.241 e. The summed E-state index contributed by atoms with van der Waals surface area (Å²) < 4.78 is 3.29. The van der Waals surface area contributed by atoms with Crippen LogP contribution in [0.4, 0.5) is 5.82 Å². The Morgan fingerprint density at radius 1 is 1.11 bits per heavy atom. The first-order valence-electron chi connectivity index (χ1n) is 9.64. The molecule has 0 aliphatic carbocycles. The van der Waals surface area contributed by atoms with Gasteiger partial charge >= 0.3 is 0 Å². The van der Waals surface area contributed by atoms with Gasteiger partial charge in [-0.15, -0.1) is 0 Å². The van der Waals surface area contributed by atoms with Crippen LogP contribution in [-0.4, -0.2) is 33.7 Å². The van der Waals surface area contributed by atoms with Crippen LogP contribution in [0.25, 0.3) is 21.6 Å². The van der Waals surface area contributed by atoms with Crippen molar-refractivity contribution in [3.63, 3.8) is 0 Å². The molecule has 6 heteroatoms. The van der Waals surface area contributed by atoms with Crippen molar-refractivity contribution in [3.8, 4) is 5.69 Å². The lowest BCUT2D eigenvalue weighted by Crippen LogP contribution is -2.37. The van der Waals surface area contributed by atoms with Gasteiger partial charge in [0.05, 0.1) is 17.6 Å². The first-order chi connectivity index (χ1) is 13.4. The van der Waals surface area contributed by atoms with E-state index in [1.54, 1.807) is 0 Å². The highest BCUT2D eigenvalue weighted by Gasteiger charge is 2.27. The zero-order valence-electron chi connectivity index (χ0n) is 16.8. The second-order valence-electron chi connectivity index (χ2n) is 7.73. The number of benzene rings is 1. The fourth-order valence-corrected chi connectivity index (χ4v) is 5.01. The summed E-state index contributed by atoms with van der Waals surface area (Å²) in [6.07, 6.45) is 4.18. The fraction of sp³-hybridized carbons (Fsp3) is 0.409. The third kappa shape index (κ3) is 3.18. The Morgan fingerprint density at radius 2 is 1.82 bits per heavy atom. The molecule has 0 saturated carbocycles. The lowest BCUT2D eigenvalue weighted by Gasteiger charge is -2.29. The highest BCUT2D eigenvalue weighted by molar-refractivity contribution is 9.10. The van der Waals surface area contributed by atoms with Crippen molar-refractivity contribution in [2.45, 2.75) is 46.6 Å². The molecule has 1 aromatic carbocycles. The van der Waals surface area contributed by atoms with Crippen LogP contribution in [0.1, 0.15) is 35.4 Å². The fourth-order valence-electron chi connectivity index (χ4n) is 4.32. The Hall–Kier alpha value is -2.39. The zero-order valence-corrected chi connectivity index (χ0v) is 18.3. The number of nitrogens with zero attached hydrogens (tertiary/aromatic N) is 5. The van der Waals surface area contributed by atoms with Crippen LogP contribution in [0.3, 0.4) is 0 Å². The molecule has 1 unspecified atom stereocenters. The van der Waals surface area contributed by atoms with Gasteiger partial charge < -0.3 is 14.3 Å². The van der Waals surface area contributed by atoms with Gasteiger partial charge in [0.1, 0.15) is 11.6 Å². The number of anilines is 1. The van der Waals surface area contributed by atoms with E-state index in [0.29, 0.717) is 0 Å². The molecule has 1 atom stereocenters. The Balaban J connectivity index is 1.94. The summed E-state index contributed by atoms with van der Waals surface area (Å²) in [6.45, 7) is 17.5. The molecule has 144 valence electrons. The number of aryl methyl sites for hydroxylation is 4. The normalized spacial score (nSPS) is 17.1. The Bertz CT molecular complexity index is 1090. The maximum absolute atomic E-state index is 7.44. The molecule has 1 saturated heterocycles. The van der Waals surface area contributed by atoms with Crippen LogP contribution in [0, 0.1) is 34.3 Å². The van der Waals surface area contributed by atoms with E-state index in [1.165, 1.54) is 16.8 Å². The van der Waals surface area contributed by atoms with E-state index in [2.05, 4.69) is 69.3 Å². The number of hydrogen-bond donors (Lipinski definition) is 0. The minimum Gasteiger partial charge on any atom is -0.348 e. The molecule has 4 rings (SSSR count). The summed E-state index contributed by atoms with van der Waals surface area (Å²) in [5.41, 5.74) is 5.68. The van der Waals surface area contributed by atoms with Crippen LogP contribution >= 0.6 is 15.9 Å². The number of fused-ring (bicyclic) bond motifs is 1. The summed E-state index contributed by atoms with van der Waals surface area (Å²) >= 11 is 3.60. The SMILES string of the molecule is [C-]#[N+]C1CCCN(c2nc(C)nc3c2c(C)cn3-c2c(C)cc(Br)cc2C)C1. The van der Waals surface area contributed by atoms with Crippen molar-refractivity contribution >= 4 is 32.8 Å². The summed E-state index contributed by atoms with van der Waals surface area (Å²) in [6, 6.07) is 4.34. The molecular formula is C22H24BrN5. The van der Waals surface area contributed by atoms with Crippen LogP contribution in [-0.2, 0) is 0 Å². The molecule has 0 radical (unpaired) electrons. The first kappa shape index (κ1) is 18.9.